The number of hydrogen-bond acceptors (Lipinski definition) is 5. The number of sulfonamides is 1. The van der Waals surface area contributed by atoms with Gasteiger partial charge in [0.2, 0.25) is 10.0 Å². The van der Waals surface area contributed by atoms with Gasteiger partial charge in [0.05, 0.1) is 10.6 Å². The third kappa shape index (κ3) is 4.09. The summed E-state index contributed by atoms with van der Waals surface area (Å²) in [5, 5.41) is 2.96. The SMILES string of the molecule is O=S(=O)(c1cccc(F)c1)N1CCN(c2nc(Cc3ccccc3)cs2)CC1. The largest absolute Gasteiger partial charge is 0.345 e. The lowest BCUT2D eigenvalue weighted by atomic mass is 10.1. The molecule has 0 amide bonds. The molecule has 1 saturated heterocycles. The van der Waals surface area contributed by atoms with Gasteiger partial charge in [-0.05, 0) is 23.8 Å². The number of hydrogen-bond donors (Lipinski definition) is 0. The second-order valence-electron chi connectivity index (χ2n) is 6.63. The van der Waals surface area contributed by atoms with Crippen molar-refractivity contribution in [2.45, 2.75) is 11.3 Å². The molecular formula is C20H20FN3O2S2. The maximum atomic E-state index is 13.4. The summed E-state index contributed by atoms with van der Waals surface area (Å²) in [6.07, 6.45) is 0.783. The molecule has 0 spiro atoms. The molecule has 8 heteroatoms. The van der Waals surface area contributed by atoms with Crippen LogP contribution < -0.4 is 4.90 Å². The lowest BCUT2D eigenvalue weighted by Crippen LogP contribution is -2.48. The molecule has 1 aliphatic rings. The molecule has 2 heterocycles. The van der Waals surface area contributed by atoms with Crippen molar-refractivity contribution in [3.63, 3.8) is 0 Å². The van der Waals surface area contributed by atoms with Gasteiger partial charge >= 0.3 is 0 Å². The molecule has 1 aliphatic heterocycles. The molecule has 0 bridgehead atoms. The summed E-state index contributed by atoms with van der Waals surface area (Å²) in [4.78, 5) is 6.82. The molecule has 1 fully saturated rings. The van der Waals surface area contributed by atoms with Crippen LogP contribution in [0.2, 0.25) is 0 Å². The van der Waals surface area contributed by atoms with Crippen molar-refractivity contribution in [2.24, 2.45) is 0 Å². The zero-order valence-electron chi connectivity index (χ0n) is 15.2. The molecule has 1 aromatic heterocycles. The van der Waals surface area contributed by atoms with E-state index in [0.717, 1.165) is 23.3 Å². The van der Waals surface area contributed by atoms with Crippen molar-refractivity contribution in [1.82, 2.24) is 9.29 Å². The van der Waals surface area contributed by atoms with Gasteiger partial charge in [-0.3, -0.25) is 0 Å². The number of benzene rings is 2. The van der Waals surface area contributed by atoms with Crippen LogP contribution in [0, 0.1) is 5.82 Å². The summed E-state index contributed by atoms with van der Waals surface area (Å²) in [6, 6.07) is 15.3. The minimum atomic E-state index is -3.68. The predicted octanol–water partition coefficient (Wildman–Crippen LogP) is 3.38. The van der Waals surface area contributed by atoms with Crippen molar-refractivity contribution in [1.29, 1.82) is 0 Å². The predicted molar refractivity (Wildman–Crippen MR) is 109 cm³/mol. The average Bonchev–Trinajstić information content (AvgIpc) is 3.17. The van der Waals surface area contributed by atoms with E-state index in [1.165, 1.54) is 28.1 Å². The van der Waals surface area contributed by atoms with Crippen LogP contribution in [-0.4, -0.2) is 43.9 Å². The Morgan fingerprint density at radius 3 is 2.46 bits per heavy atom. The van der Waals surface area contributed by atoms with E-state index in [9.17, 15) is 12.8 Å². The van der Waals surface area contributed by atoms with Crippen molar-refractivity contribution >= 4 is 26.5 Å². The molecule has 4 rings (SSSR count). The number of halogens is 1. The number of piperazine rings is 1. The highest BCUT2D eigenvalue weighted by molar-refractivity contribution is 7.89. The van der Waals surface area contributed by atoms with Gasteiger partial charge in [0.1, 0.15) is 5.82 Å². The van der Waals surface area contributed by atoms with E-state index in [1.807, 2.05) is 18.2 Å². The van der Waals surface area contributed by atoms with Gasteiger partial charge in [0.15, 0.2) is 5.13 Å². The summed E-state index contributed by atoms with van der Waals surface area (Å²) >= 11 is 1.58. The maximum absolute atomic E-state index is 13.4. The van der Waals surface area contributed by atoms with Gasteiger partial charge < -0.3 is 4.90 Å². The number of aromatic nitrogens is 1. The van der Waals surface area contributed by atoms with Crippen molar-refractivity contribution in [2.75, 3.05) is 31.1 Å². The first-order valence-corrected chi connectivity index (χ1v) is 11.3. The Hall–Kier alpha value is -2.29. The molecule has 5 nitrogen and oxygen atoms in total. The smallest absolute Gasteiger partial charge is 0.243 e. The highest BCUT2D eigenvalue weighted by Gasteiger charge is 2.29. The molecule has 0 saturated carbocycles. The van der Waals surface area contributed by atoms with E-state index in [1.54, 1.807) is 11.3 Å². The molecule has 2 aromatic carbocycles. The van der Waals surface area contributed by atoms with Crippen LogP contribution >= 0.6 is 11.3 Å². The first-order chi connectivity index (χ1) is 13.5. The first kappa shape index (κ1) is 19.0. The van der Waals surface area contributed by atoms with E-state index in [-0.39, 0.29) is 4.90 Å². The van der Waals surface area contributed by atoms with E-state index < -0.39 is 15.8 Å². The third-order valence-electron chi connectivity index (χ3n) is 4.71. The molecule has 0 unspecified atom stereocenters. The van der Waals surface area contributed by atoms with Crippen molar-refractivity contribution in [3.8, 4) is 0 Å². The maximum Gasteiger partial charge on any atom is 0.243 e. The van der Waals surface area contributed by atoms with E-state index in [4.69, 9.17) is 4.98 Å². The van der Waals surface area contributed by atoms with Crippen LogP contribution in [0.3, 0.4) is 0 Å². The number of anilines is 1. The molecule has 146 valence electrons. The molecule has 0 aliphatic carbocycles. The topological polar surface area (TPSA) is 53.5 Å². The fourth-order valence-corrected chi connectivity index (χ4v) is 5.56. The fraction of sp³-hybridized carbons (Fsp3) is 0.250. The highest BCUT2D eigenvalue weighted by Crippen LogP contribution is 2.25. The molecule has 0 atom stereocenters. The quantitative estimate of drug-likeness (QED) is 0.639. The lowest BCUT2D eigenvalue weighted by Gasteiger charge is -2.33. The number of nitrogens with zero attached hydrogens (tertiary/aromatic N) is 3. The summed E-state index contributed by atoms with van der Waals surface area (Å²) in [5.41, 5.74) is 2.23. The first-order valence-electron chi connectivity index (χ1n) is 9.01. The van der Waals surface area contributed by atoms with Gasteiger partial charge in [-0.15, -0.1) is 11.3 Å². The average molecular weight is 418 g/mol. The highest BCUT2D eigenvalue weighted by atomic mass is 32.2. The molecule has 28 heavy (non-hydrogen) atoms. The fourth-order valence-electron chi connectivity index (χ4n) is 3.22. The standard InChI is InChI=1S/C20H20FN3O2S2/c21-17-7-4-8-19(14-17)28(25,26)24-11-9-23(10-12-24)20-22-18(15-27-20)13-16-5-2-1-3-6-16/h1-8,14-15H,9-13H2. The van der Waals surface area contributed by atoms with Gasteiger partial charge in [-0.1, -0.05) is 36.4 Å². The van der Waals surface area contributed by atoms with Crippen LogP contribution in [0.25, 0.3) is 0 Å². The zero-order chi connectivity index (χ0) is 19.6. The zero-order valence-corrected chi connectivity index (χ0v) is 16.8. The third-order valence-corrected chi connectivity index (χ3v) is 7.56. The second kappa shape index (κ2) is 7.98. The monoisotopic (exact) mass is 417 g/mol. The van der Waals surface area contributed by atoms with Crippen LogP contribution in [0.15, 0.2) is 64.9 Å². The molecule has 0 radical (unpaired) electrons. The second-order valence-corrected chi connectivity index (χ2v) is 9.41. The number of thiazole rings is 1. The Morgan fingerprint density at radius 2 is 1.75 bits per heavy atom. The van der Waals surface area contributed by atoms with Crippen LogP contribution in [0.4, 0.5) is 9.52 Å². The van der Waals surface area contributed by atoms with Gasteiger partial charge in [0, 0.05) is 38.0 Å². The Labute approximate surface area is 168 Å². The summed E-state index contributed by atoms with van der Waals surface area (Å²) in [5.74, 6) is -0.548. The van der Waals surface area contributed by atoms with E-state index in [2.05, 4.69) is 22.4 Å². The normalized spacial score (nSPS) is 15.7. The van der Waals surface area contributed by atoms with Crippen LogP contribution in [0.5, 0.6) is 0 Å². The summed E-state index contributed by atoms with van der Waals surface area (Å²) < 4.78 is 40.3. The molecule has 3 aromatic rings. The van der Waals surface area contributed by atoms with Crippen LogP contribution in [0.1, 0.15) is 11.3 Å². The van der Waals surface area contributed by atoms with Gasteiger partial charge in [-0.25, -0.2) is 17.8 Å². The van der Waals surface area contributed by atoms with E-state index >= 15 is 0 Å². The minimum Gasteiger partial charge on any atom is -0.345 e. The molecule has 0 N–H and O–H groups in total. The van der Waals surface area contributed by atoms with E-state index in [0.29, 0.717) is 26.2 Å². The van der Waals surface area contributed by atoms with Crippen molar-refractivity contribution < 1.29 is 12.8 Å². The van der Waals surface area contributed by atoms with Crippen LogP contribution in [-0.2, 0) is 16.4 Å². The Bertz CT molecular complexity index is 1050. The lowest BCUT2D eigenvalue weighted by molar-refractivity contribution is 0.384. The Balaban J connectivity index is 1.40. The molecular weight excluding hydrogens is 397 g/mol. The Kier molecular flexibility index (Phi) is 5.43. The van der Waals surface area contributed by atoms with Gasteiger partial charge in [0.25, 0.3) is 0 Å². The summed E-state index contributed by atoms with van der Waals surface area (Å²) in [6.45, 7) is 1.83. The van der Waals surface area contributed by atoms with Crippen molar-refractivity contribution in [3.05, 3.63) is 77.1 Å². The number of rotatable bonds is 5. The summed E-state index contributed by atoms with van der Waals surface area (Å²) in [7, 11) is -3.68. The van der Waals surface area contributed by atoms with Gasteiger partial charge in [-0.2, -0.15) is 4.31 Å². The Morgan fingerprint density at radius 1 is 1.00 bits per heavy atom. The minimum absolute atomic E-state index is 0.000320.